The smallest absolute Gasteiger partial charge is 0.272 e. The van der Waals surface area contributed by atoms with Crippen LogP contribution < -0.4 is 21.7 Å². The third kappa shape index (κ3) is 8.42. The highest BCUT2D eigenvalue weighted by Crippen LogP contribution is 2.26. The van der Waals surface area contributed by atoms with Crippen LogP contribution in [-0.2, 0) is 9.59 Å². The summed E-state index contributed by atoms with van der Waals surface area (Å²) in [4.78, 5) is 50.8. The Bertz CT molecular complexity index is 1620. The van der Waals surface area contributed by atoms with Crippen molar-refractivity contribution < 1.29 is 19.2 Å². The lowest BCUT2D eigenvalue weighted by Gasteiger charge is -2.14. The van der Waals surface area contributed by atoms with Crippen molar-refractivity contribution in [3.8, 4) is 0 Å². The van der Waals surface area contributed by atoms with Crippen LogP contribution in [0, 0.1) is 6.92 Å². The third-order valence-corrected chi connectivity index (χ3v) is 7.23. The second-order valence-electron chi connectivity index (χ2n) is 9.46. The Labute approximate surface area is 248 Å². The molecule has 0 spiro atoms. The molecular weight excluding hydrogens is 548 g/mol. The standard InChI is InChI=1S/C33H30N4O4S/c1-21-7-6-8-23(19-21)20-29(37-32(40)25-9-4-3-5-10-25)33(41)36-27-15-17-28(18-16-27)42-22(2)31(39)35-26-13-11-24(12-14-26)30(34)38/h3-20,22H,1-2H3,(H2,34,38)(H,35,39)(H,36,41)(H,37,40)/b29-20-. The van der Waals surface area contributed by atoms with E-state index in [2.05, 4.69) is 16.0 Å². The number of thioether (sulfide) groups is 1. The Morgan fingerprint density at radius 3 is 2.05 bits per heavy atom. The molecule has 0 aliphatic heterocycles. The van der Waals surface area contributed by atoms with E-state index in [1.54, 1.807) is 85.8 Å². The van der Waals surface area contributed by atoms with Crippen LogP contribution in [0.3, 0.4) is 0 Å². The van der Waals surface area contributed by atoms with Crippen LogP contribution in [0.2, 0.25) is 0 Å². The van der Waals surface area contributed by atoms with Gasteiger partial charge in [-0.2, -0.15) is 0 Å². The predicted octanol–water partition coefficient (Wildman–Crippen LogP) is 5.62. The van der Waals surface area contributed by atoms with Gasteiger partial charge in [-0.1, -0.05) is 48.0 Å². The highest BCUT2D eigenvalue weighted by Gasteiger charge is 2.17. The largest absolute Gasteiger partial charge is 0.366 e. The molecule has 0 radical (unpaired) electrons. The molecule has 4 rings (SSSR count). The van der Waals surface area contributed by atoms with Crippen molar-refractivity contribution in [3.63, 3.8) is 0 Å². The summed E-state index contributed by atoms with van der Waals surface area (Å²) in [6.45, 7) is 3.73. The Morgan fingerprint density at radius 2 is 1.40 bits per heavy atom. The first-order valence-electron chi connectivity index (χ1n) is 13.1. The second kappa shape index (κ2) is 14.0. The summed E-state index contributed by atoms with van der Waals surface area (Å²) in [6.07, 6.45) is 1.63. The number of nitrogens with one attached hydrogen (secondary N) is 3. The number of benzene rings is 4. The summed E-state index contributed by atoms with van der Waals surface area (Å²) in [5.41, 5.74) is 9.03. The lowest BCUT2D eigenvalue weighted by molar-refractivity contribution is -0.115. The minimum Gasteiger partial charge on any atom is -0.366 e. The van der Waals surface area contributed by atoms with Gasteiger partial charge in [-0.05, 0) is 86.2 Å². The molecule has 1 unspecified atom stereocenters. The number of hydrogen-bond donors (Lipinski definition) is 4. The zero-order chi connectivity index (χ0) is 30.1. The molecule has 42 heavy (non-hydrogen) atoms. The number of rotatable bonds is 10. The molecule has 4 aromatic carbocycles. The van der Waals surface area contributed by atoms with Crippen molar-refractivity contribution in [2.24, 2.45) is 5.73 Å². The summed E-state index contributed by atoms with van der Waals surface area (Å²) < 4.78 is 0. The monoisotopic (exact) mass is 578 g/mol. The van der Waals surface area contributed by atoms with Gasteiger partial charge in [0.1, 0.15) is 5.70 Å². The van der Waals surface area contributed by atoms with E-state index in [-0.39, 0.29) is 11.6 Å². The van der Waals surface area contributed by atoms with Gasteiger partial charge >= 0.3 is 0 Å². The predicted molar refractivity (Wildman–Crippen MR) is 167 cm³/mol. The molecule has 0 fully saturated rings. The van der Waals surface area contributed by atoms with Crippen molar-refractivity contribution in [1.82, 2.24) is 5.32 Å². The Kier molecular flexibility index (Phi) is 9.91. The van der Waals surface area contributed by atoms with Gasteiger partial charge < -0.3 is 21.7 Å². The number of aryl methyl sites for hydroxylation is 1. The summed E-state index contributed by atoms with van der Waals surface area (Å²) in [7, 11) is 0. The molecule has 0 aromatic heterocycles. The topological polar surface area (TPSA) is 130 Å². The van der Waals surface area contributed by atoms with Crippen molar-refractivity contribution >= 4 is 52.8 Å². The van der Waals surface area contributed by atoms with Crippen molar-refractivity contribution in [2.45, 2.75) is 24.0 Å². The molecular formula is C33H30N4O4S. The molecule has 5 N–H and O–H groups in total. The first-order valence-corrected chi connectivity index (χ1v) is 14.0. The fraction of sp³-hybridized carbons (Fsp3) is 0.0909. The van der Waals surface area contributed by atoms with E-state index in [1.165, 1.54) is 11.8 Å². The molecule has 0 bridgehead atoms. The molecule has 0 aliphatic carbocycles. The highest BCUT2D eigenvalue weighted by molar-refractivity contribution is 8.00. The third-order valence-electron chi connectivity index (χ3n) is 6.11. The molecule has 4 amide bonds. The van der Waals surface area contributed by atoms with Gasteiger partial charge in [0, 0.05) is 27.4 Å². The van der Waals surface area contributed by atoms with Crippen LogP contribution in [0.4, 0.5) is 11.4 Å². The summed E-state index contributed by atoms with van der Waals surface area (Å²) in [6, 6.07) is 29.7. The Hall–Kier alpha value is -5.15. The Morgan fingerprint density at radius 1 is 0.762 bits per heavy atom. The lowest BCUT2D eigenvalue weighted by Crippen LogP contribution is -2.30. The number of amides is 4. The van der Waals surface area contributed by atoms with Crippen LogP contribution in [0.15, 0.2) is 114 Å². The SMILES string of the molecule is Cc1cccc(/C=C(\NC(=O)c2ccccc2)C(=O)Nc2ccc(SC(C)C(=O)Nc3ccc(C(N)=O)cc3)cc2)c1. The quantitative estimate of drug-likeness (QED) is 0.143. The maximum Gasteiger partial charge on any atom is 0.272 e. The number of nitrogens with two attached hydrogens (primary N) is 1. The molecule has 4 aromatic rings. The van der Waals surface area contributed by atoms with E-state index in [0.717, 1.165) is 16.0 Å². The number of primary amides is 1. The molecule has 8 nitrogen and oxygen atoms in total. The first-order chi connectivity index (χ1) is 20.2. The van der Waals surface area contributed by atoms with E-state index in [4.69, 9.17) is 5.73 Å². The molecule has 0 saturated carbocycles. The van der Waals surface area contributed by atoms with Gasteiger partial charge in [-0.25, -0.2) is 0 Å². The summed E-state index contributed by atoms with van der Waals surface area (Å²) >= 11 is 1.35. The van der Waals surface area contributed by atoms with E-state index in [0.29, 0.717) is 22.5 Å². The van der Waals surface area contributed by atoms with E-state index < -0.39 is 23.0 Å². The highest BCUT2D eigenvalue weighted by atomic mass is 32.2. The summed E-state index contributed by atoms with van der Waals surface area (Å²) in [5, 5.41) is 7.98. The maximum absolute atomic E-state index is 13.3. The number of carbonyl (C=O) groups excluding carboxylic acids is 4. The number of carbonyl (C=O) groups is 4. The van der Waals surface area contributed by atoms with Crippen LogP contribution in [-0.4, -0.2) is 28.9 Å². The lowest BCUT2D eigenvalue weighted by atomic mass is 10.1. The molecule has 0 saturated heterocycles. The van der Waals surface area contributed by atoms with Crippen LogP contribution >= 0.6 is 11.8 Å². The summed E-state index contributed by atoms with van der Waals surface area (Å²) in [5.74, 6) is -1.61. The normalized spacial score (nSPS) is 11.7. The fourth-order valence-electron chi connectivity index (χ4n) is 3.90. The molecule has 0 heterocycles. The minimum absolute atomic E-state index is 0.0991. The zero-order valence-electron chi connectivity index (χ0n) is 23.1. The van der Waals surface area contributed by atoms with Gasteiger partial charge in [-0.3, -0.25) is 19.2 Å². The fourth-order valence-corrected chi connectivity index (χ4v) is 4.77. The van der Waals surface area contributed by atoms with Crippen molar-refractivity contribution in [3.05, 3.63) is 131 Å². The van der Waals surface area contributed by atoms with Crippen molar-refractivity contribution in [1.29, 1.82) is 0 Å². The van der Waals surface area contributed by atoms with Crippen LogP contribution in [0.5, 0.6) is 0 Å². The van der Waals surface area contributed by atoms with Crippen LogP contribution in [0.25, 0.3) is 6.08 Å². The second-order valence-corrected chi connectivity index (χ2v) is 10.9. The van der Waals surface area contributed by atoms with E-state index >= 15 is 0 Å². The van der Waals surface area contributed by atoms with Gasteiger partial charge in [0.2, 0.25) is 11.8 Å². The van der Waals surface area contributed by atoms with Gasteiger partial charge in [0.15, 0.2) is 0 Å². The average molecular weight is 579 g/mol. The van der Waals surface area contributed by atoms with Gasteiger partial charge in [-0.15, -0.1) is 11.8 Å². The molecule has 1 atom stereocenters. The molecule has 9 heteroatoms. The molecule has 0 aliphatic rings. The van der Waals surface area contributed by atoms with Gasteiger partial charge in [0.25, 0.3) is 11.8 Å². The number of hydrogen-bond acceptors (Lipinski definition) is 5. The minimum atomic E-state index is -0.535. The zero-order valence-corrected chi connectivity index (χ0v) is 23.9. The maximum atomic E-state index is 13.3. The molecule has 212 valence electrons. The van der Waals surface area contributed by atoms with E-state index in [1.807, 2.05) is 37.3 Å². The van der Waals surface area contributed by atoms with Crippen LogP contribution in [0.1, 0.15) is 38.8 Å². The van der Waals surface area contributed by atoms with Crippen molar-refractivity contribution in [2.75, 3.05) is 10.6 Å². The van der Waals surface area contributed by atoms with Gasteiger partial charge in [0.05, 0.1) is 5.25 Å². The van der Waals surface area contributed by atoms with E-state index in [9.17, 15) is 19.2 Å². The first kappa shape index (κ1) is 29.8. The average Bonchev–Trinajstić information content (AvgIpc) is 2.98. The number of anilines is 2. The Balaban J connectivity index is 1.41.